The number of anilines is 1. The van der Waals surface area contributed by atoms with E-state index in [1.165, 1.54) is 6.42 Å². The number of oxazole rings is 1. The fourth-order valence-electron chi connectivity index (χ4n) is 1.96. The van der Waals surface area contributed by atoms with Gasteiger partial charge in [-0.15, -0.1) is 0 Å². The third kappa shape index (κ3) is 1.78. The van der Waals surface area contributed by atoms with Crippen LogP contribution in [0.2, 0.25) is 0 Å². The Morgan fingerprint density at radius 1 is 1.44 bits per heavy atom. The van der Waals surface area contributed by atoms with E-state index in [2.05, 4.69) is 24.9 Å². The Bertz CT molecular complexity index is 397. The monoisotopic (exact) mass is 219 g/mol. The van der Waals surface area contributed by atoms with Crippen LogP contribution in [0.3, 0.4) is 0 Å². The van der Waals surface area contributed by atoms with Gasteiger partial charge in [-0.05, 0) is 26.7 Å². The average molecular weight is 219 g/mol. The van der Waals surface area contributed by atoms with E-state index in [0.29, 0.717) is 17.5 Å². The third-order valence-corrected chi connectivity index (χ3v) is 3.24. The maximum atomic E-state index is 9.05. The SMILES string of the molecule is CCN(CC)c1oc(C2CCC2)nc1C#N. The summed E-state index contributed by atoms with van der Waals surface area (Å²) in [4.78, 5) is 6.33. The van der Waals surface area contributed by atoms with Crippen LogP contribution in [0.15, 0.2) is 4.42 Å². The maximum absolute atomic E-state index is 9.05. The van der Waals surface area contributed by atoms with Gasteiger partial charge in [0.05, 0.1) is 0 Å². The quantitative estimate of drug-likeness (QED) is 0.781. The molecule has 0 spiro atoms. The van der Waals surface area contributed by atoms with Crippen LogP contribution in [-0.2, 0) is 0 Å². The minimum atomic E-state index is 0.436. The Morgan fingerprint density at radius 2 is 2.12 bits per heavy atom. The molecule has 0 aliphatic heterocycles. The van der Waals surface area contributed by atoms with Gasteiger partial charge in [0.15, 0.2) is 0 Å². The van der Waals surface area contributed by atoms with Gasteiger partial charge < -0.3 is 9.32 Å². The molecule has 0 saturated heterocycles. The topological polar surface area (TPSA) is 53.1 Å². The van der Waals surface area contributed by atoms with Gasteiger partial charge in [-0.3, -0.25) is 0 Å². The van der Waals surface area contributed by atoms with Crippen molar-refractivity contribution >= 4 is 5.88 Å². The molecule has 1 fully saturated rings. The number of hydrogen-bond acceptors (Lipinski definition) is 4. The molecule has 0 atom stereocenters. The minimum absolute atomic E-state index is 0.436. The zero-order valence-electron chi connectivity index (χ0n) is 9.86. The van der Waals surface area contributed by atoms with Gasteiger partial charge >= 0.3 is 0 Å². The summed E-state index contributed by atoms with van der Waals surface area (Å²) in [5.74, 6) is 1.84. The molecule has 0 N–H and O–H groups in total. The Balaban J connectivity index is 2.28. The van der Waals surface area contributed by atoms with Gasteiger partial charge in [0.2, 0.25) is 17.5 Å². The predicted octanol–water partition coefficient (Wildman–Crippen LogP) is 2.66. The molecule has 1 aliphatic carbocycles. The fraction of sp³-hybridized carbons (Fsp3) is 0.667. The van der Waals surface area contributed by atoms with Gasteiger partial charge in [-0.2, -0.15) is 5.26 Å². The number of hydrogen-bond donors (Lipinski definition) is 0. The van der Waals surface area contributed by atoms with Crippen molar-refractivity contribution in [1.29, 1.82) is 5.26 Å². The molecular formula is C12H17N3O. The second-order valence-electron chi connectivity index (χ2n) is 4.12. The van der Waals surface area contributed by atoms with Crippen LogP contribution < -0.4 is 4.90 Å². The number of nitriles is 1. The molecule has 16 heavy (non-hydrogen) atoms. The zero-order chi connectivity index (χ0) is 11.5. The molecule has 4 nitrogen and oxygen atoms in total. The molecule has 0 radical (unpaired) electrons. The molecule has 0 aromatic carbocycles. The molecule has 2 rings (SSSR count). The van der Waals surface area contributed by atoms with Crippen molar-refractivity contribution in [2.75, 3.05) is 18.0 Å². The van der Waals surface area contributed by atoms with E-state index in [1.807, 2.05) is 4.90 Å². The van der Waals surface area contributed by atoms with E-state index in [0.717, 1.165) is 31.8 Å². The van der Waals surface area contributed by atoms with Crippen LogP contribution in [0.1, 0.15) is 50.6 Å². The standard InChI is InChI=1S/C12H17N3O/c1-3-15(4-2)12-10(8-13)14-11(16-12)9-6-5-7-9/h9H,3-7H2,1-2H3. The lowest BCUT2D eigenvalue weighted by Gasteiger charge is -2.22. The van der Waals surface area contributed by atoms with E-state index >= 15 is 0 Å². The number of aromatic nitrogens is 1. The second kappa shape index (κ2) is 4.56. The van der Waals surface area contributed by atoms with Crippen LogP contribution in [0.4, 0.5) is 5.88 Å². The largest absolute Gasteiger partial charge is 0.423 e. The highest BCUT2D eigenvalue weighted by atomic mass is 16.4. The van der Waals surface area contributed by atoms with E-state index < -0.39 is 0 Å². The summed E-state index contributed by atoms with van der Waals surface area (Å²) in [6, 6.07) is 2.12. The lowest BCUT2D eigenvalue weighted by atomic mass is 9.85. The molecule has 0 bridgehead atoms. The first-order valence-electron chi connectivity index (χ1n) is 5.95. The minimum Gasteiger partial charge on any atom is -0.423 e. The summed E-state index contributed by atoms with van der Waals surface area (Å²) < 4.78 is 5.75. The summed E-state index contributed by atoms with van der Waals surface area (Å²) in [5.41, 5.74) is 0.436. The van der Waals surface area contributed by atoms with Crippen LogP contribution in [0.5, 0.6) is 0 Å². The predicted molar refractivity (Wildman–Crippen MR) is 61.4 cm³/mol. The van der Waals surface area contributed by atoms with Crippen molar-refractivity contribution in [2.45, 2.75) is 39.0 Å². The number of nitrogens with zero attached hydrogens (tertiary/aromatic N) is 3. The Kier molecular flexibility index (Phi) is 3.14. The fourth-order valence-corrected chi connectivity index (χ4v) is 1.96. The Morgan fingerprint density at radius 3 is 2.56 bits per heavy atom. The number of rotatable bonds is 4. The third-order valence-electron chi connectivity index (χ3n) is 3.24. The lowest BCUT2D eigenvalue weighted by molar-refractivity contribution is 0.335. The van der Waals surface area contributed by atoms with Crippen LogP contribution in [0, 0.1) is 11.3 Å². The van der Waals surface area contributed by atoms with E-state index in [1.54, 1.807) is 0 Å². The normalized spacial score (nSPS) is 15.6. The highest BCUT2D eigenvalue weighted by Gasteiger charge is 2.27. The average Bonchev–Trinajstić information content (AvgIpc) is 2.61. The maximum Gasteiger partial charge on any atom is 0.234 e. The van der Waals surface area contributed by atoms with Gasteiger partial charge in [0, 0.05) is 19.0 Å². The summed E-state index contributed by atoms with van der Waals surface area (Å²) >= 11 is 0. The summed E-state index contributed by atoms with van der Waals surface area (Å²) in [5, 5.41) is 9.05. The molecule has 1 aromatic heterocycles. The molecular weight excluding hydrogens is 202 g/mol. The molecule has 1 heterocycles. The van der Waals surface area contributed by atoms with E-state index in [-0.39, 0.29) is 0 Å². The van der Waals surface area contributed by atoms with Crippen LogP contribution >= 0.6 is 0 Å². The van der Waals surface area contributed by atoms with Crippen LogP contribution in [-0.4, -0.2) is 18.1 Å². The van der Waals surface area contributed by atoms with Gasteiger partial charge in [-0.1, -0.05) is 6.42 Å². The van der Waals surface area contributed by atoms with Crippen molar-refractivity contribution in [3.8, 4) is 6.07 Å². The second-order valence-corrected chi connectivity index (χ2v) is 4.12. The highest BCUT2D eigenvalue weighted by Crippen LogP contribution is 2.38. The summed E-state index contributed by atoms with van der Waals surface area (Å²) in [7, 11) is 0. The van der Waals surface area contributed by atoms with Crippen molar-refractivity contribution in [3.63, 3.8) is 0 Å². The van der Waals surface area contributed by atoms with Crippen molar-refractivity contribution < 1.29 is 4.42 Å². The highest BCUT2D eigenvalue weighted by molar-refractivity contribution is 5.48. The van der Waals surface area contributed by atoms with Gasteiger partial charge in [-0.25, -0.2) is 4.98 Å². The molecule has 4 heteroatoms. The van der Waals surface area contributed by atoms with Crippen molar-refractivity contribution in [3.05, 3.63) is 11.6 Å². The molecule has 1 saturated carbocycles. The van der Waals surface area contributed by atoms with Crippen molar-refractivity contribution in [1.82, 2.24) is 4.98 Å². The van der Waals surface area contributed by atoms with E-state index in [4.69, 9.17) is 9.68 Å². The molecule has 1 aromatic rings. The first-order valence-corrected chi connectivity index (χ1v) is 5.95. The summed E-state index contributed by atoms with van der Waals surface area (Å²) in [6.45, 7) is 5.78. The summed E-state index contributed by atoms with van der Waals surface area (Å²) in [6.07, 6.45) is 3.53. The first kappa shape index (κ1) is 11.0. The lowest BCUT2D eigenvalue weighted by Crippen LogP contribution is -2.22. The zero-order valence-corrected chi connectivity index (χ0v) is 9.86. The van der Waals surface area contributed by atoms with Gasteiger partial charge in [0.1, 0.15) is 6.07 Å². The van der Waals surface area contributed by atoms with E-state index in [9.17, 15) is 0 Å². The Hall–Kier alpha value is -1.50. The molecule has 86 valence electrons. The Labute approximate surface area is 95.9 Å². The smallest absolute Gasteiger partial charge is 0.234 e. The molecule has 0 unspecified atom stereocenters. The molecule has 0 amide bonds. The first-order chi connectivity index (χ1) is 7.80. The van der Waals surface area contributed by atoms with Gasteiger partial charge in [0.25, 0.3) is 0 Å². The molecule has 1 aliphatic rings. The van der Waals surface area contributed by atoms with Crippen LogP contribution in [0.25, 0.3) is 0 Å². The van der Waals surface area contributed by atoms with Crippen molar-refractivity contribution in [2.24, 2.45) is 0 Å².